The van der Waals surface area contributed by atoms with Crippen LogP contribution in [0.2, 0.25) is 0 Å². The summed E-state index contributed by atoms with van der Waals surface area (Å²) < 4.78 is 0. The van der Waals surface area contributed by atoms with Crippen molar-refractivity contribution >= 4 is 0 Å². The highest BCUT2D eigenvalue weighted by Gasteiger charge is 2.42. The first-order valence-electron chi connectivity index (χ1n) is 10.1. The fourth-order valence-corrected chi connectivity index (χ4v) is 5.23. The maximum atomic E-state index is 9.82. The van der Waals surface area contributed by atoms with E-state index >= 15 is 0 Å². The maximum Gasteiger partial charge on any atom is 0.0689 e. The fourth-order valence-electron chi connectivity index (χ4n) is 5.23. The van der Waals surface area contributed by atoms with E-state index in [0.29, 0.717) is 0 Å². The Bertz CT molecular complexity index is 355. The van der Waals surface area contributed by atoms with Crippen molar-refractivity contribution in [3.8, 4) is 6.07 Å². The van der Waals surface area contributed by atoms with Crippen molar-refractivity contribution in [3.05, 3.63) is 0 Å². The second-order valence-electron chi connectivity index (χ2n) is 8.29. The molecule has 0 spiro atoms. The third kappa shape index (κ3) is 4.74. The van der Waals surface area contributed by atoms with Gasteiger partial charge in [-0.1, -0.05) is 65.2 Å². The third-order valence-electron chi connectivity index (χ3n) is 6.59. The smallest absolute Gasteiger partial charge is 0.0689 e. The van der Waals surface area contributed by atoms with Gasteiger partial charge in [0.05, 0.1) is 11.5 Å². The van der Waals surface area contributed by atoms with Crippen LogP contribution in [-0.2, 0) is 0 Å². The minimum atomic E-state index is 0.0466. The highest BCUT2D eigenvalue weighted by atomic mass is 14.5. The van der Waals surface area contributed by atoms with Crippen molar-refractivity contribution < 1.29 is 0 Å². The Morgan fingerprint density at radius 1 is 0.955 bits per heavy atom. The van der Waals surface area contributed by atoms with Gasteiger partial charge in [-0.3, -0.25) is 0 Å². The zero-order valence-corrected chi connectivity index (χ0v) is 15.1. The molecular formula is C21H37N. The van der Waals surface area contributed by atoms with Gasteiger partial charge in [0.25, 0.3) is 0 Å². The Balaban J connectivity index is 1.80. The summed E-state index contributed by atoms with van der Waals surface area (Å²) in [6.07, 6.45) is 18.7. The van der Waals surface area contributed by atoms with E-state index in [1.54, 1.807) is 0 Å². The van der Waals surface area contributed by atoms with E-state index in [2.05, 4.69) is 19.9 Å². The summed E-state index contributed by atoms with van der Waals surface area (Å²) in [7, 11) is 0. The molecule has 2 saturated carbocycles. The average molecular weight is 304 g/mol. The standard InChI is InChI=1S/C21H37N/c1-3-5-6-7-8-13-21(17-22)14-12-19-15-18(9-4-2)10-11-20(19)16-21/h18-20H,3-16H2,1-2H3. The van der Waals surface area contributed by atoms with Crippen LogP contribution in [0, 0.1) is 34.5 Å². The van der Waals surface area contributed by atoms with Gasteiger partial charge in [0.1, 0.15) is 0 Å². The van der Waals surface area contributed by atoms with Gasteiger partial charge >= 0.3 is 0 Å². The quantitative estimate of drug-likeness (QED) is 0.449. The molecule has 0 heterocycles. The summed E-state index contributed by atoms with van der Waals surface area (Å²) >= 11 is 0. The molecule has 0 N–H and O–H groups in total. The second-order valence-corrected chi connectivity index (χ2v) is 8.29. The molecule has 0 saturated heterocycles. The zero-order chi connectivity index (χ0) is 15.8. The number of hydrogen-bond acceptors (Lipinski definition) is 1. The molecule has 2 aliphatic rings. The number of fused-ring (bicyclic) bond motifs is 1. The number of unbranched alkanes of at least 4 members (excludes halogenated alkanes) is 4. The molecule has 4 unspecified atom stereocenters. The number of hydrogen-bond donors (Lipinski definition) is 0. The lowest BCUT2D eigenvalue weighted by Gasteiger charge is -2.45. The van der Waals surface area contributed by atoms with Crippen LogP contribution in [-0.4, -0.2) is 0 Å². The van der Waals surface area contributed by atoms with Crippen molar-refractivity contribution in [1.82, 2.24) is 0 Å². The van der Waals surface area contributed by atoms with Crippen LogP contribution in [0.4, 0.5) is 0 Å². The van der Waals surface area contributed by atoms with Crippen LogP contribution < -0.4 is 0 Å². The van der Waals surface area contributed by atoms with Crippen LogP contribution in [0.3, 0.4) is 0 Å². The van der Waals surface area contributed by atoms with Crippen molar-refractivity contribution in [2.24, 2.45) is 23.2 Å². The lowest BCUT2D eigenvalue weighted by Crippen LogP contribution is -2.36. The Morgan fingerprint density at radius 3 is 2.50 bits per heavy atom. The lowest BCUT2D eigenvalue weighted by molar-refractivity contribution is 0.0620. The van der Waals surface area contributed by atoms with Gasteiger partial charge in [-0.15, -0.1) is 0 Å². The van der Waals surface area contributed by atoms with Crippen LogP contribution in [0.15, 0.2) is 0 Å². The minimum Gasteiger partial charge on any atom is -0.198 e. The minimum absolute atomic E-state index is 0.0466. The van der Waals surface area contributed by atoms with Gasteiger partial charge in [-0.25, -0.2) is 0 Å². The summed E-state index contributed by atoms with van der Waals surface area (Å²) in [5, 5.41) is 9.82. The molecule has 2 fully saturated rings. The molecule has 1 heteroatoms. The Hall–Kier alpha value is -0.510. The first kappa shape index (κ1) is 17.8. The van der Waals surface area contributed by atoms with Crippen molar-refractivity contribution in [2.45, 2.75) is 104 Å². The Kier molecular flexibility index (Phi) is 7.26. The molecule has 0 radical (unpaired) electrons. The normalized spacial score (nSPS) is 34.9. The molecule has 2 rings (SSSR count). The molecule has 0 aliphatic heterocycles. The topological polar surface area (TPSA) is 23.8 Å². The largest absolute Gasteiger partial charge is 0.198 e. The van der Waals surface area contributed by atoms with Gasteiger partial charge in [0.15, 0.2) is 0 Å². The van der Waals surface area contributed by atoms with E-state index < -0.39 is 0 Å². The molecule has 0 aromatic rings. The summed E-state index contributed by atoms with van der Waals surface area (Å²) in [6, 6.07) is 2.78. The summed E-state index contributed by atoms with van der Waals surface area (Å²) in [6.45, 7) is 4.60. The zero-order valence-electron chi connectivity index (χ0n) is 15.1. The van der Waals surface area contributed by atoms with E-state index in [9.17, 15) is 5.26 Å². The predicted octanol–water partition coefficient (Wildman–Crippen LogP) is 6.87. The van der Waals surface area contributed by atoms with E-state index in [0.717, 1.165) is 17.8 Å². The van der Waals surface area contributed by atoms with Crippen molar-refractivity contribution in [3.63, 3.8) is 0 Å². The van der Waals surface area contributed by atoms with Crippen LogP contribution in [0.5, 0.6) is 0 Å². The molecule has 0 aromatic heterocycles. The number of rotatable bonds is 8. The molecule has 2 aliphatic carbocycles. The first-order valence-corrected chi connectivity index (χ1v) is 10.1. The summed E-state index contributed by atoms with van der Waals surface area (Å²) in [5.74, 6) is 2.82. The van der Waals surface area contributed by atoms with E-state index in [1.807, 2.05) is 0 Å². The first-order chi connectivity index (χ1) is 10.7. The van der Waals surface area contributed by atoms with Gasteiger partial charge < -0.3 is 0 Å². The van der Waals surface area contributed by atoms with Crippen LogP contribution in [0.1, 0.15) is 104 Å². The molecule has 0 amide bonds. The second kappa shape index (κ2) is 8.95. The summed E-state index contributed by atoms with van der Waals surface area (Å²) in [5.41, 5.74) is 0.0466. The Labute approximate surface area is 138 Å². The monoisotopic (exact) mass is 303 g/mol. The van der Waals surface area contributed by atoms with Gasteiger partial charge in [-0.2, -0.15) is 5.26 Å². The van der Waals surface area contributed by atoms with Crippen molar-refractivity contribution in [1.29, 1.82) is 5.26 Å². The number of nitriles is 1. The summed E-state index contributed by atoms with van der Waals surface area (Å²) in [4.78, 5) is 0. The maximum absolute atomic E-state index is 9.82. The van der Waals surface area contributed by atoms with Gasteiger partial charge in [0.2, 0.25) is 0 Å². The molecule has 4 atom stereocenters. The molecule has 126 valence electrons. The fraction of sp³-hybridized carbons (Fsp3) is 0.952. The Morgan fingerprint density at radius 2 is 1.77 bits per heavy atom. The van der Waals surface area contributed by atoms with E-state index in [-0.39, 0.29) is 5.41 Å². The van der Waals surface area contributed by atoms with Crippen LogP contribution in [0.25, 0.3) is 0 Å². The molecular weight excluding hydrogens is 266 g/mol. The molecule has 22 heavy (non-hydrogen) atoms. The highest BCUT2D eigenvalue weighted by Crippen LogP contribution is 2.51. The van der Waals surface area contributed by atoms with Gasteiger partial charge in [-0.05, 0) is 56.3 Å². The van der Waals surface area contributed by atoms with Gasteiger partial charge in [0, 0.05) is 0 Å². The number of nitrogens with zero attached hydrogens (tertiary/aromatic N) is 1. The van der Waals surface area contributed by atoms with Crippen molar-refractivity contribution in [2.75, 3.05) is 0 Å². The predicted molar refractivity (Wildman–Crippen MR) is 94.5 cm³/mol. The molecule has 1 nitrogen and oxygen atoms in total. The lowest BCUT2D eigenvalue weighted by atomic mass is 9.58. The third-order valence-corrected chi connectivity index (χ3v) is 6.59. The SMILES string of the molecule is CCCCCCCC1(C#N)CCC2CC(CCC)CCC2C1. The average Bonchev–Trinajstić information content (AvgIpc) is 2.55. The molecule has 0 bridgehead atoms. The van der Waals surface area contributed by atoms with Crippen LogP contribution >= 0.6 is 0 Å². The van der Waals surface area contributed by atoms with E-state index in [4.69, 9.17) is 0 Å². The highest BCUT2D eigenvalue weighted by molar-refractivity contribution is 5.04. The molecule has 0 aromatic carbocycles. The van der Waals surface area contributed by atoms with E-state index in [1.165, 1.54) is 89.9 Å².